The van der Waals surface area contributed by atoms with Gasteiger partial charge >= 0.3 is 23.1 Å². The van der Waals surface area contributed by atoms with Gasteiger partial charge in [-0.25, -0.2) is 0 Å². The molecule has 1 aliphatic carbocycles. The van der Waals surface area contributed by atoms with Crippen LogP contribution in [0.4, 0.5) is 0 Å². The van der Waals surface area contributed by atoms with E-state index in [1.54, 1.807) is 0 Å². The zero-order chi connectivity index (χ0) is 5.11. The topological polar surface area (TPSA) is 0 Å². The molecule has 0 saturated heterocycles. The maximum absolute atomic E-state index is 2.30. The molecule has 0 amide bonds. The number of hydrogen-bond donors (Lipinski definition) is 0. The molecule has 0 spiro atoms. The molecule has 1 saturated carbocycles. The molecule has 1 rings (SSSR count). The van der Waals surface area contributed by atoms with Gasteiger partial charge in [0.1, 0.15) is 0 Å². The minimum absolute atomic E-state index is 0. The van der Waals surface area contributed by atoms with Crippen LogP contribution in [0.1, 0.15) is 39.0 Å². The normalized spacial score (nSPS) is 16.5. The van der Waals surface area contributed by atoms with E-state index in [-0.39, 0.29) is 37.9 Å². The molecule has 1 aliphatic rings. The largest absolute Gasteiger partial charge is 2.00 e. The van der Waals surface area contributed by atoms with E-state index in [0.29, 0.717) is 0 Å². The maximum atomic E-state index is 2.30. The van der Waals surface area contributed by atoms with Gasteiger partial charge in [-0.15, -0.1) is 0 Å². The summed E-state index contributed by atoms with van der Waals surface area (Å²) in [6, 6.07) is 0. The Bertz CT molecular complexity index is 46.7. The minimum Gasteiger partial charge on any atom is -0.358 e. The van der Waals surface area contributed by atoms with E-state index in [4.69, 9.17) is 0 Å². The van der Waals surface area contributed by atoms with E-state index in [1.165, 1.54) is 32.1 Å². The predicted octanol–water partition coefficient (Wildman–Crippen LogP) is 3.11. The summed E-state index contributed by atoms with van der Waals surface area (Å²) in [5, 5.41) is 0. The molecule has 0 aromatic carbocycles. The summed E-state index contributed by atoms with van der Waals surface area (Å²) in [6.07, 6.45) is 7.43. The van der Waals surface area contributed by atoms with Crippen LogP contribution in [0.15, 0.2) is 0 Å². The third-order valence-corrected chi connectivity index (χ3v) is 2.05. The van der Waals surface area contributed by atoms with E-state index in [1.807, 2.05) is 0 Å². The van der Waals surface area contributed by atoms with E-state index in [9.17, 15) is 0 Å². The first kappa shape index (κ1) is 17.0. The first-order valence-corrected chi connectivity index (χ1v) is 3.43. The second-order valence-corrected chi connectivity index (χ2v) is 2.56. The zero-order valence-corrected chi connectivity index (χ0v) is 9.23. The summed E-state index contributed by atoms with van der Waals surface area (Å²) < 4.78 is 0. The monoisotopic (exact) mass is 152 g/mol. The van der Waals surface area contributed by atoms with Crippen LogP contribution < -0.4 is 0 Å². The van der Waals surface area contributed by atoms with E-state index < -0.39 is 0 Å². The average molecular weight is 153 g/mol. The molecule has 0 atom stereocenters. The number of rotatable bonds is 1. The molecule has 1 fully saturated rings. The molecule has 10 heavy (non-hydrogen) atoms. The molecule has 0 radical (unpaired) electrons. The summed E-state index contributed by atoms with van der Waals surface area (Å²) in [5.41, 5.74) is 0. The SMILES string of the molecule is CCC1CCCC1.[CH3-].[CH3-].[Mg+2]. The van der Waals surface area contributed by atoms with E-state index in [0.717, 1.165) is 5.92 Å². The maximum Gasteiger partial charge on any atom is 2.00 e. The van der Waals surface area contributed by atoms with Gasteiger partial charge in [-0.3, -0.25) is 0 Å². The smallest absolute Gasteiger partial charge is 0.358 e. The standard InChI is InChI=1S/C7H14.2CH3.Mg/c1-2-7-5-3-4-6-7;;;/h7H,2-6H2,1H3;2*1H3;/q;2*-1;+2. The Hall–Kier alpha value is 0.766. The van der Waals surface area contributed by atoms with Crippen molar-refractivity contribution in [1.82, 2.24) is 0 Å². The number of hydrogen-bond acceptors (Lipinski definition) is 0. The molecular formula is C9H20Mg. The van der Waals surface area contributed by atoms with Crippen molar-refractivity contribution in [1.29, 1.82) is 0 Å². The third-order valence-electron chi connectivity index (χ3n) is 2.05. The Morgan fingerprint density at radius 3 is 1.70 bits per heavy atom. The van der Waals surface area contributed by atoms with Crippen LogP contribution in [-0.4, -0.2) is 23.1 Å². The van der Waals surface area contributed by atoms with Gasteiger partial charge in [-0.2, -0.15) is 0 Å². The van der Waals surface area contributed by atoms with Crippen LogP contribution >= 0.6 is 0 Å². The fourth-order valence-corrected chi connectivity index (χ4v) is 1.42. The summed E-state index contributed by atoms with van der Waals surface area (Å²) in [6.45, 7) is 2.30. The quantitative estimate of drug-likeness (QED) is 0.400. The van der Waals surface area contributed by atoms with Gasteiger partial charge < -0.3 is 14.9 Å². The predicted molar refractivity (Wildman–Crippen MR) is 50.8 cm³/mol. The molecular weight excluding hydrogens is 132 g/mol. The first-order valence-electron chi connectivity index (χ1n) is 3.43. The van der Waals surface area contributed by atoms with Crippen LogP contribution in [0.2, 0.25) is 0 Å². The molecule has 58 valence electrons. The Balaban J connectivity index is -0.000000163. The van der Waals surface area contributed by atoms with Crippen LogP contribution in [0, 0.1) is 20.8 Å². The fraction of sp³-hybridized carbons (Fsp3) is 0.778. The Kier molecular flexibility index (Phi) is 16.6. The summed E-state index contributed by atoms with van der Waals surface area (Å²) in [5.74, 6) is 1.10. The van der Waals surface area contributed by atoms with Gasteiger partial charge in [0.2, 0.25) is 0 Å². The van der Waals surface area contributed by atoms with E-state index >= 15 is 0 Å². The molecule has 0 aromatic rings. The molecule has 0 heterocycles. The van der Waals surface area contributed by atoms with Crippen molar-refractivity contribution in [3.63, 3.8) is 0 Å². The molecule has 1 heteroatoms. The van der Waals surface area contributed by atoms with Gasteiger partial charge in [0.25, 0.3) is 0 Å². The first-order chi connectivity index (χ1) is 3.43. The van der Waals surface area contributed by atoms with Gasteiger partial charge in [0.05, 0.1) is 0 Å². The van der Waals surface area contributed by atoms with Crippen molar-refractivity contribution in [3.05, 3.63) is 14.9 Å². The molecule has 0 aliphatic heterocycles. The van der Waals surface area contributed by atoms with Crippen molar-refractivity contribution in [3.8, 4) is 0 Å². The Morgan fingerprint density at radius 2 is 1.50 bits per heavy atom. The van der Waals surface area contributed by atoms with Gasteiger partial charge in [0.15, 0.2) is 0 Å². The van der Waals surface area contributed by atoms with Crippen LogP contribution in [0.25, 0.3) is 0 Å². The summed E-state index contributed by atoms with van der Waals surface area (Å²) >= 11 is 0. The molecule has 0 N–H and O–H groups in total. The van der Waals surface area contributed by atoms with Crippen LogP contribution in [0.5, 0.6) is 0 Å². The van der Waals surface area contributed by atoms with Crippen LogP contribution in [0.3, 0.4) is 0 Å². The zero-order valence-electron chi connectivity index (χ0n) is 7.82. The minimum atomic E-state index is 0. The van der Waals surface area contributed by atoms with E-state index in [2.05, 4.69) is 6.92 Å². The molecule has 0 aromatic heterocycles. The van der Waals surface area contributed by atoms with Gasteiger partial charge in [0, 0.05) is 0 Å². The van der Waals surface area contributed by atoms with Crippen molar-refractivity contribution < 1.29 is 0 Å². The second-order valence-electron chi connectivity index (χ2n) is 2.56. The second kappa shape index (κ2) is 9.77. The van der Waals surface area contributed by atoms with Crippen molar-refractivity contribution in [2.45, 2.75) is 39.0 Å². The van der Waals surface area contributed by atoms with Gasteiger partial charge in [-0.1, -0.05) is 39.0 Å². The molecule has 0 nitrogen and oxygen atoms in total. The Morgan fingerprint density at radius 1 is 1.10 bits per heavy atom. The van der Waals surface area contributed by atoms with Crippen molar-refractivity contribution in [2.75, 3.05) is 0 Å². The molecule has 0 unspecified atom stereocenters. The van der Waals surface area contributed by atoms with Crippen LogP contribution in [-0.2, 0) is 0 Å². The van der Waals surface area contributed by atoms with Crippen molar-refractivity contribution >= 4 is 23.1 Å². The summed E-state index contributed by atoms with van der Waals surface area (Å²) in [4.78, 5) is 0. The molecule has 0 bridgehead atoms. The summed E-state index contributed by atoms with van der Waals surface area (Å²) in [7, 11) is 0. The average Bonchev–Trinajstić information content (AvgIpc) is 2.14. The Labute approximate surface area is 82.9 Å². The third kappa shape index (κ3) is 5.54. The van der Waals surface area contributed by atoms with Crippen molar-refractivity contribution in [2.24, 2.45) is 5.92 Å². The fourth-order valence-electron chi connectivity index (χ4n) is 1.42. The van der Waals surface area contributed by atoms with Gasteiger partial charge in [-0.05, 0) is 5.92 Å².